The molecule has 1 atom stereocenters. The molecule has 0 aliphatic heterocycles. The lowest BCUT2D eigenvalue weighted by molar-refractivity contribution is 0.173. The minimum atomic E-state index is -3.57. The van der Waals surface area contributed by atoms with Gasteiger partial charge in [-0.25, -0.2) is 13.1 Å². The fraction of sp³-hybridized carbons (Fsp3) is 0.333. The molecule has 2 aromatic rings. The third-order valence-electron chi connectivity index (χ3n) is 3.17. The number of nitrogens with one attached hydrogen (secondary N) is 1. The Hall–Kier alpha value is -1.21. The zero-order chi connectivity index (χ0) is 15.5. The summed E-state index contributed by atoms with van der Waals surface area (Å²) in [7, 11) is -3.57. The summed E-state index contributed by atoms with van der Waals surface area (Å²) in [5, 5.41) is 9.82. The van der Waals surface area contributed by atoms with Crippen LogP contribution >= 0.6 is 11.3 Å². The standard InChI is InChI=1S/C15H19NO3S2/c1-3-15(17)12-5-4-6-14(9-12)21(18,19)16-10-13-8-7-11(2)20-13/h4-9,15-17H,3,10H2,1-2H3. The molecule has 4 nitrogen and oxygen atoms in total. The average molecular weight is 325 g/mol. The number of rotatable bonds is 6. The van der Waals surface area contributed by atoms with E-state index in [4.69, 9.17) is 0 Å². The summed E-state index contributed by atoms with van der Waals surface area (Å²) in [4.78, 5) is 2.30. The topological polar surface area (TPSA) is 66.4 Å². The molecule has 0 aliphatic carbocycles. The maximum Gasteiger partial charge on any atom is 0.240 e. The summed E-state index contributed by atoms with van der Waals surface area (Å²) >= 11 is 1.57. The molecule has 1 unspecified atom stereocenters. The van der Waals surface area contributed by atoms with E-state index in [2.05, 4.69) is 4.72 Å². The van der Waals surface area contributed by atoms with Crippen LogP contribution in [0.2, 0.25) is 0 Å². The van der Waals surface area contributed by atoms with Gasteiger partial charge in [-0.15, -0.1) is 11.3 Å². The van der Waals surface area contributed by atoms with Crippen molar-refractivity contribution >= 4 is 21.4 Å². The minimum Gasteiger partial charge on any atom is -0.388 e. The van der Waals surface area contributed by atoms with Crippen LogP contribution in [0.25, 0.3) is 0 Å². The van der Waals surface area contributed by atoms with Crippen LogP contribution in [0.3, 0.4) is 0 Å². The van der Waals surface area contributed by atoms with Gasteiger partial charge in [0.25, 0.3) is 0 Å². The van der Waals surface area contributed by atoms with Crippen molar-refractivity contribution in [1.29, 1.82) is 0 Å². The maximum absolute atomic E-state index is 12.3. The molecule has 0 radical (unpaired) electrons. The van der Waals surface area contributed by atoms with E-state index >= 15 is 0 Å². The highest BCUT2D eigenvalue weighted by atomic mass is 32.2. The molecule has 6 heteroatoms. The highest BCUT2D eigenvalue weighted by Crippen LogP contribution is 2.20. The third-order valence-corrected chi connectivity index (χ3v) is 5.57. The Labute approximate surface area is 129 Å². The Balaban J connectivity index is 2.15. The van der Waals surface area contributed by atoms with Gasteiger partial charge in [-0.05, 0) is 43.2 Å². The van der Waals surface area contributed by atoms with Crippen LogP contribution in [0, 0.1) is 6.92 Å². The number of hydrogen-bond acceptors (Lipinski definition) is 4. The van der Waals surface area contributed by atoms with Gasteiger partial charge in [0.15, 0.2) is 0 Å². The van der Waals surface area contributed by atoms with Gasteiger partial charge in [-0.3, -0.25) is 0 Å². The Morgan fingerprint density at radius 1 is 1.29 bits per heavy atom. The second kappa shape index (κ2) is 6.70. The Morgan fingerprint density at radius 2 is 2.05 bits per heavy atom. The molecule has 0 bridgehead atoms. The smallest absolute Gasteiger partial charge is 0.240 e. The van der Waals surface area contributed by atoms with Gasteiger partial charge in [0.2, 0.25) is 10.0 Å². The van der Waals surface area contributed by atoms with E-state index in [1.165, 1.54) is 12.1 Å². The molecule has 0 fully saturated rings. The summed E-state index contributed by atoms with van der Waals surface area (Å²) < 4.78 is 27.2. The predicted octanol–water partition coefficient (Wildman–Crippen LogP) is 2.98. The maximum atomic E-state index is 12.3. The number of aliphatic hydroxyl groups is 1. The molecule has 0 aliphatic rings. The van der Waals surface area contributed by atoms with Crippen LogP contribution in [-0.2, 0) is 16.6 Å². The molecule has 0 saturated heterocycles. The lowest BCUT2D eigenvalue weighted by Crippen LogP contribution is -2.23. The molecule has 21 heavy (non-hydrogen) atoms. The minimum absolute atomic E-state index is 0.181. The molecular formula is C15H19NO3S2. The Morgan fingerprint density at radius 3 is 2.67 bits per heavy atom. The highest BCUT2D eigenvalue weighted by molar-refractivity contribution is 7.89. The van der Waals surface area contributed by atoms with Crippen LogP contribution in [0.4, 0.5) is 0 Å². The first-order valence-electron chi connectivity index (χ1n) is 6.75. The summed E-state index contributed by atoms with van der Waals surface area (Å²) in [5.74, 6) is 0. The first-order valence-corrected chi connectivity index (χ1v) is 9.05. The first kappa shape index (κ1) is 16.2. The van der Waals surface area contributed by atoms with E-state index in [1.807, 2.05) is 26.0 Å². The van der Waals surface area contributed by atoms with E-state index in [0.29, 0.717) is 12.0 Å². The van der Waals surface area contributed by atoms with Crippen molar-refractivity contribution in [2.24, 2.45) is 0 Å². The van der Waals surface area contributed by atoms with Crippen molar-refractivity contribution < 1.29 is 13.5 Å². The van der Waals surface area contributed by atoms with Crippen molar-refractivity contribution in [2.75, 3.05) is 0 Å². The van der Waals surface area contributed by atoms with Gasteiger partial charge in [-0.1, -0.05) is 19.1 Å². The van der Waals surface area contributed by atoms with Crippen molar-refractivity contribution in [3.05, 3.63) is 51.7 Å². The largest absolute Gasteiger partial charge is 0.388 e. The number of benzene rings is 1. The molecule has 0 spiro atoms. The van der Waals surface area contributed by atoms with Gasteiger partial charge in [-0.2, -0.15) is 0 Å². The van der Waals surface area contributed by atoms with Crippen LogP contribution in [-0.4, -0.2) is 13.5 Å². The van der Waals surface area contributed by atoms with Crippen LogP contribution in [0.1, 0.15) is 34.8 Å². The van der Waals surface area contributed by atoms with Gasteiger partial charge >= 0.3 is 0 Å². The van der Waals surface area contributed by atoms with E-state index in [0.717, 1.165) is 9.75 Å². The van der Waals surface area contributed by atoms with Gasteiger partial charge in [0, 0.05) is 16.3 Å². The van der Waals surface area contributed by atoms with E-state index in [1.54, 1.807) is 23.5 Å². The number of aliphatic hydroxyl groups excluding tert-OH is 1. The summed E-state index contributed by atoms with van der Waals surface area (Å²) in [5.41, 5.74) is 0.618. The lowest BCUT2D eigenvalue weighted by Gasteiger charge is -2.11. The molecule has 2 rings (SSSR count). The normalized spacial score (nSPS) is 13.3. The summed E-state index contributed by atoms with van der Waals surface area (Å²) in [6.45, 7) is 4.11. The highest BCUT2D eigenvalue weighted by Gasteiger charge is 2.16. The average Bonchev–Trinajstić information content (AvgIpc) is 2.90. The molecule has 0 saturated carbocycles. The molecule has 1 aromatic carbocycles. The summed E-state index contributed by atoms with van der Waals surface area (Å²) in [6, 6.07) is 10.3. The number of aryl methyl sites for hydroxylation is 1. The fourth-order valence-corrected chi connectivity index (χ4v) is 3.94. The molecule has 114 valence electrons. The van der Waals surface area contributed by atoms with Gasteiger partial charge < -0.3 is 5.11 Å². The van der Waals surface area contributed by atoms with Crippen molar-refractivity contribution in [3.63, 3.8) is 0 Å². The SMILES string of the molecule is CCC(O)c1cccc(S(=O)(=O)NCc2ccc(C)s2)c1. The molecule has 0 amide bonds. The monoisotopic (exact) mass is 325 g/mol. The lowest BCUT2D eigenvalue weighted by atomic mass is 10.1. The van der Waals surface area contributed by atoms with Gasteiger partial charge in [0.05, 0.1) is 11.0 Å². The van der Waals surface area contributed by atoms with Crippen molar-refractivity contribution in [1.82, 2.24) is 4.72 Å². The van der Waals surface area contributed by atoms with E-state index < -0.39 is 16.1 Å². The summed E-state index contributed by atoms with van der Waals surface area (Å²) in [6.07, 6.45) is -0.0918. The van der Waals surface area contributed by atoms with Crippen LogP contribution < -0.4 is 4.72 Å². The first-order chi connectivity index (χ1) is 9.92. The molecule has 2 N–H and O–H groups in total. The van der Waals surface area contributed by atoms with Crippen molar-refractivity contribution in [3.8, 4) is 0 Å². The van der Waals surface area contributed by atoms with Crippen LogP contribution in [0.5, 0.6) is 0 Å². The number of sulfonamides is 1. The van der Waals surface area contributed by atoms with E-state index in [-0.39, 0.29) is 11.4 Å². The fourth-order valence-electron chi connectivity index (χ4n) is 1.95. The molecular weight excluding hydrogens is 306 g/mol. The zero-order valence-corrected chi connectivity index (χ0v) is 13.7. The second-order valence-electron chi connectivity index (χ2n) is 4.83. The van der Waals surface area contributed by atoms with E-state index in [9.17, 15) is 13.5 Å². The zero-order valence-electron chi connectivity index (χ0n) is 12.0. The number of hydrogen-bond donors (Lipinski definition) is 2. The second-order valence-corrected chi connectivity index (χ2v) is 7.97. The predicted molar refractivity (Wildman–Crippen MR) is 84.8 cm³/mol. The third kappa shape index (κ3) is 4.14. The quantitative estimate of drug-likeness (QED) is 0.858. The van der Waals surface area contributed by atoms with Crippen LogP contribution in [0.15, 0.2) is 41.3 Å². The molecule has 1 aromatic heterocycles. The van der Waals surface area contributed by atoms with Crippen molar-refractivity contribution in [2.45, 2.75) is 37.8 Å². The number of thiophene rings is 1. The Bertz CT molecular complexity index is 707. The Kier molecular flexibility index (Phi) is 5.16. The van der Waals surface area contributed by atoms with Gasteiger partial charge in [0.1, 0.15) is 0 Å². The molecule has 1 heterocycles.